The lowest BCUT2D eigenvalue weighted by atomic mass is 9.93. The molecule has 1 N–H and O–H groups in total. The maximum atomic E-state index is 11.4. The fraction of sp³-hybridized carbons (Fsp3) is 0.833. The standard InChI is InChI=1S/C6H10O8P2/c7-5-15(8)11-1-6(2-12-15)3-13-16(9,10)14-4-6/h5H,1-4H2,(H,9,10). The summed E-state index contributed by atoms with van der Waals surface area (Å²) in [5.41, 5.74) is -0.784. The van der Waals surface area contributed by atoms with Crippen molar-refractivity contribution in [3.05, 3.63) is 0 Å². The van der Waals surface area contributed by atoms with Crippen LogP contribution in [0.4, 0.5) is 0 Å². The Bertz CT molecular complexity index is 366. The third kappa shape index (κ3) is 2.43. The van der Waals surface area contributed by atoms with Gasteiger partial charge in [-0.25, -0.2) is 4.57 Å². The summed E-state index contributed by atoms with van der Waals surface area (Å²) in [6.45, 7) is -0.384. The zero-order chi connectivity index (χ0) is 11.9. The minimum absolute atomic E-state index is 0.0803. The Morgan fingerprint density at radius 3 is 1.88 bits per heavy atom. The zero-order valence-electron chi connectivity index (χ0n) is 8.11. The van der Waals surface area contributed by atoms with E-state index in [9.17, 15) is 13.9 Å². The van der Waals surface area contributed by atoms with E-state index in [1.165, 1.54) is 0 Å². The molecule has 8 nitrogen and oxygen atoms in total. The molecule has 2 saturated heterocycles. The Morgan fingerprint density at radius 2 is 1.44 bits per heavy atom. The van der Waals surface area contributed by atoms with Crippen molar-refractivity contribution in [2.24, 2.45) is 5.41 Å². The highest BCUT2D eigenvalue weighted by molar-refractivity contribution is 7.69. The van der Waals surface area contributed by atoms with Crippen LogP contribution in [0.3, 0.4) is 0 Å². The van der Waals surface area contributed by atoms with E-state index in [4.69, 9.17) is 13.9 Å². The van der Waals surface area contributed by atoms with Gasteiger partial charge in [0.1, 0.15) is 0 Å². The molecule has 2 aliphatic rings. The smallest absolute Gasteiger partial charge is 0.303 e. The van der Waals surface area contributed by atoms with E-state index < -0.39 is 20.8 Å². The van der Waals surface area contributed by atoms with Crippen LogP contribution in [-0.2, 0) is 32.0 Å². The van der Waals surface area contributed by atoms with Crippen LogP contribution < -0.4 is 0 Å². The molecule has 16 heavy (non-hydrogen) atoms. The van der Waals surface area contributed by atoms with E-state index in [1.54, 1.807) is 0 Å². The van der Waals surface area contributed by atoms with Crippen molar-refractivity contribution in [3.8, 4) is 0 Å². The molecule has 92 valence electrons. The zero-order valence-corrected chi connectivity index (χ0v) is 9.89. The number of hydrogen-bond acceptors (Lipinski definition) is 7. The topological polar surface area (TPSA) is 108 Å². The first-order chi connectivity index (χ1) is 7.39. The van der Waals surface area contributed by atoms with Crippen molar-refractivity contribution in [2.45, 2.75) is 0 Å². The summed E-state index contributed by atoms with van der Waals surface area (Å²) in [7, 11) is -7.61. The highest BCUT2D eigenvalue weighted by atomic mass is 31.2. The van der Waals surface area contributed by atoms with Crippen LogP contribution in [0.1, 0.15) is 0 Å². The van der Waals surface area contributed by atoms with Gasteiger partial charge in [0.15, 0.2) is 0 Å². The van der Waals surface area contributed by atoms with Gasteiger partial charge in [-0.3, -0.25) is 18.4 Å². The Kier molecular flexibility index (Phi) is 3.09. The Hall–Kier alpha value is -0.0700. The first-order valence-electron chi connectivity index (χ1n) is 4.36. The summed E-state index contributed by atoms with van der Waals surface area (Å²) in [5, 5.41) is 0. The number of phosphoric acid groups is 1. The van der Waals surface area contributed by atoms with Gasteiger partial charge in [-0.1, -0.05) is 0 Å². The highest BCUT2D eigenvalue weighted by Crippen LogP contribution is 2.56. The molecule has 1 spiro atoms. The van der Waals surface area contributed by atoms with Crippen molar-refractivity contribution in [1.29, 1.82) is 0 Å². The Morgan fingerprint density at radius 1 is 1.00 bits per heavy atom. The van der Waals surface area contributed by atoms with Crippen molar-refractivity contribution in [2.75, 3.05) is 26.4 Å². The van der Waals surface area contributed by atoms with E-state index in [0.29, 0.717) is 0 Å². The van der Waals surface area contributed by atoms with Gasteiger partial charge in [0.05, 0.1) is 31.8 Å². The van der Waals surface area contributed by atoms with Crippen LogP contribution in [0.15, 0.2) is 0 Å². The van der Waals surface area contributed by atoms with Gasteiger partial charge in [0.25, 0.3) is 0 Å². The lowest BCUT2D eigenvalue weighted by Crippen LogP contribution is -2.45. The number of carbonyl (C=O) groups excluding carboxylic acids is 1. The molecule has 0 atom stereocenters. The lowest BCUT2D eigenvalue weighted by molar-refractivity contribution is -0.0767. The van der Waals surface area contributed by atoms with Gasteiger partial charge in [-0.05, 0) is 0 Å². The molecule has 0 unspecified atom stereocenters. The molecular formula is C6H10O8P2. The molecule has 2 rings (SSSR count). The molecule has 0 amide bonds. The second-order valence-electron chi connectivity index (χ2n) is 3.71. The lowest BCUT2D eigenvalue weighted by Gasteiger charge is -2.40. The summed E-state index contributed by atoms with van der Waals surface area (Å²) < 4.78 is 41.2. The van der Waals surface area contributed by atoms with E-state index in [-0.39, 0.29) is 32.5 Å². The fourth-order valence-electron chi connectivity index (χ4n) is 1.28. The maximum Gasteiger partial charge on any atom is 0.472 e. The molecule has 10 heteroatoms. The van der Waals surface area contributed by atoms with Crippen molar-refractivity contribution >= 4 is 21.4 Å². The first kappa shape index (κ1) is 12.4. The van der Waals surface area contributed by atoms with Gasteiger partial charge in [-0.2, -0.15) is 0 Å². The third-order valence-electron chi connectivity index (χ3n) is 2.30. The summed E-state index contributed by atoms with van der Waals surface area (Å²) in [6.07, 6.45) is 0. The minimum Gasteiger partial charge on any atom is -0.303 e. The van der Waals surface area contributed by atoms with Crippen LogP contribution >= 0.6 is 15.4 Å². The van der Waals surface area contributed by atoms with E-state index in [0.717, 1.165) is 0 Å². The molecule has 0 aromatic carbocycles. The Labute approximate surface area is 91.0 Å². The molecular weight excluding hydrogens is 262 g/mol. The van der Waals surface area contributed by atoms with Crippen LogP contribution in [0.5, 0.6) is 0 Å². The molecule has 2 heterocycles. The third-order valence-corrected chi connectivity index (χ3v) is 4.45. The second kappa shape index (κ2) is 3.99. The molecule has 0 aromatic heterocycles. The van der Waals surface area contributed by atoms with Gasteiger partial charge >= 0.3 is 15.4 Å². The predicted molar refractivity (Wildman–Crippen MR) is 50.4 cm³/mol. The molecule has 2 fully saturated rings. The molecule has 0 radical (unpaired) electrons. The van der Waals surface area contributed by atoms with Crippen LogP contribution in [0, 0.1) is 5.41 Å². The Balaban J connectivity index is 2.01. The molecule has 0 bridgehead atoms. The quantitative estimate of drug-likeness (QED) is 0.544. The highest BCUT2D eigenvalue weighted by Gasteiger charge is 2.48. The summed E-state index contributed by atoms with van der Waals surface area (Å²) in [4.78, 5) is 19.4. The predicted octanol–water partition coefficient (Wildman–Crippen LogP) is 0.550. The second-order valence-corrected chi connectivity index (χ2v) is 6.97. The van der Waals surface area contributed by atoms with Crippen molar-refractivity contribution in [1.82, 2.24) is 0 Å². The number of hydrogen-bond donors (Lipinski definition) is 1. The van der Waals surface area contributed by atoms with Crippen LogP contribution in [0.2, 0.25) is 0 Å². The van der Waals surface area contributed by atoms with E-state index >= 15 is 0 Å². The molecule has 0 aromatic rings. The number of phosphoric ester groups is 1. The summed E-state index contributed by atoms with van der Waals surface area (Å²) >= 11 is 0. The molecule has 0 aliphatic carbocycles. The normalized spacial score (nSPS) is 49.1. The van der Waals surface area contributed by atoms with E-state index in [1.807, 2.05) is 0 Å². The largest absolute Gasteiger partial charge is 0.472 e. The van der Waals surface area contributed by atoms with Gasteiger partial charge in [-0.15, -0.1) is 0 Å². The monoisotopic (exact) mass is 272 g/mol. The first-order valence-corrected chi connectivity index (χ1v) is 7.47. The van der Waals surface area contributed by atoms with Crippen molar-refractivity contribution < 1.29 is 36.9 Å². The minimum atomic E-state index is -3.97. The maximum absolute atomic E-state index is 11.4. The van der Waals surface area contributed by atoms with Crippen molar-refractivity contribution in [3.63, 3.8) is 0 Å². The van der Waals surface area contributed by atoms with Crippen LogP contribution in [-0.4, -0.2) is 37.3 Å². The summed E-state index contributed by atoms with van der Waals surface area (Å²) in [5.74, 6) is 0. The fourth-order valence-corrected chi connectivity index (χ4v) is 3.33. The van der Waals surface area contributed by atoms with Gasteiger partial charge < -0.3 is 13.9 Å². The average molecular weight is 272 g/mol. The average Bonchev–Trinajstić information content (AvgIpc) is 2.27. The molecule has 2 aliphatic heterocycles. The van der Waals surface area contributed by atoms with Gasteiger partial charge in [0, 0.05) is 0 Å². The summed E-state index contributed by atoms with van der Waals surface area (Å²) in [6, 6.07) is 0.126. The van der Waals surface area contributed by atoms with Crippen LogP contribution in [0.25, 0.3) is 0 Å². The number of carbonyl (C=O) groups is 1. The van der Waals surface area contributed by atoms with E-state index in [2.05, 4.69) is 9.05 Å². The SMILES string of the molecule is O=CP1(=O)OCC2(COP(=O)(O)OC2)CO1. The number of rotatable bonds is 1. The molecule has 0 saturated carbocycles. The van der Waals surface area contributed by atoms with Gasteiger partial charge in [0.2, 0.25) is 6.03 Å².